The first-order valence-corrected chi connectivity index (χ1v) is 10.1. The van der Waals surface area contributed by atoms with Crippen LogP contribution in [-0.4, -0.2) is 36.3 Å². The van der Waals surface area contributed by atoms with Gasteiger partial charge in [-0.2, -0.15) is 5.26 Å². The number of benzene rings is 2. The molecule has 1 atom stereocenters. The number of nitriles is 1. The summed E-state index contributed by atoms with van der Waals surface area (Å²) >= 11 is 0. The number of esters is 1. The molecule has 0 aliphatic carbocycles. The lowest BCUT2D eigenvalue weighted by Gasteiger charge is -2.25. The van der Waals surface area contributed by atoms with Gasteiger partial charge in [-0.1, -0.05) is 29.4 Å². The van der Waals surface area contributed by atoms with Crippen LogP contribution in [-0.2, 0) is 25.8 Å². The third kappa shape index (κ3) is 5.42. The van der Waals surface area contributed by atoms with Crippen molar-refractivity contribution >= 4 is 23.3 Å². The number of amides is 1. The number of para-hydroxylation sites is 1. The van der Waals surface area contributed by atoms with Crippen molar-refractivity contribution in [3.63, 3.8) is 0 Å². The molecular weight excluding hydrogens is 412 g/mol. The van der Waals surface area contributed by atoms with E-state index in [9.17, 15) is 9.59 Å². The van der Waals surface area contributed by atoms with E-state index in [0.717, 1.165) is 5.56 Å². The Hall–Kier alpha value is -3.90. The molecule has 2 aromatic carbocycles. The third-order valence-corrected chi connectivity index (χ3v) is 4.79. The van der Waals surface area contributed by atoms with E-state index in [-0.39, 0.29) is 19.8 Å². The second-order valence-corrected chi connectivity index (χ2v) is 7.24. The summed E-state index contributed by atoms with van der Waals surface area (Å²) in [6.45, 7) is 3.93. The molecule has 1 heterocycles. The lowest BCUT2D eigenvalue weighted by Crippen LogP contribution is -2.46. The van der Waals surface area contributed by atoms with Crippen molar-refractivity contribution < 1.29 is 24.0 Å². The smallest absolute Gasteiger partial charge is 0.355 e. The molecule has 3 rings (SSSR count). The number of hydroxylamine groups is 1. The van der Waals surface area contributed by atoms with Crippen molar-refractivity contribution in [1.82, 2.24) is 5.48 Å². The number of carbonyl (C=O) groups excluding carboxylic acids is 2. The van der Waals surface area contributed by atoms with Gasteiger partial charge in [0.05, 0.1) is 42.7 Å². The van der Waals surface area contributed by atoms with E-state index in [1.165, 1.54) is 0 Å². The molecular formula is C23H24N4O5. The summed E-state index contributed by atoms with van der Waals surface area (Å²) in [5, 5.41) is 15.9. The summed E-state index contributed by atoms with van der Waals surface area (Å²) < 4.78 is 5.16. The topological polar surface area (TPSA) is 122 Å². The van der Waals surface area contributed by atoms with Gasteiger partial charge in [-0.3, -0.25) is 9.63 Å². The number of rotatable bonds is 9. The molecule has 1 aliphatic rings. The van der Waals surface area contributed by atoms with E-state index in [4.69, 9.17) is 19.7 Å². The number of oxime groups is 1. The lowest BCUT2D eigenvalue weighted by molar-refractivity contribution is -0.167. The highest BCUT2D eigenvalue weighted by Gasteiger charge is 2.47. The molecule has 9 nitrogen and oxygen atoms in total. The zero-order chi connectivity index (χ0) is 23.0. The predicted molar refractivity (Wildman–Crippen MR) is 117 cm³/mol. The second-order valence-electron chi connectivity index (χ2n) is 7.24. The fourth-order valence-corrected chi connectivity index (χ4v) is 3.17. The average molecular weight is 436 g/mol. The number of hydrogen-bond donors (Lipinski definition) is 2. The minimum absolute atomic E-state index is 0.0725. The Labute approximate surface area is 185 Å². The van der Waals surface area contributed by atoms with Crippen LogP contribution in [0, 0.1) is 11.3 Å². The zero-order valence-electron chi connectivity index (χ0n) is 17.9. The highest BCUT2D eigenvalue weighted by molar-refractivity contribution is 5.99. The molecule has 0 bridgehead atoms. The Bertz CT molecular complexity index is 1050. The van der Waals surface area contributed by atoms with Gasteiger partial charge in [-0.05, 0) is 43.7 Å². The summed E-state index contributed by atoms with van der Waals surface area (Å²) in [4.78, 5) is 35.9. The Morgan fingerprint density at radius 2 is 1.97 bits per heavy atom. The average Bonchev–Trinajstić information content (AvgIpc) is 3.20. The largest absolute Gasteiger partial charge is 0.463 e. The Kier molecular flexibility index (Phi) is 7.41. The molecule has 0 saturated heterocycles. The van der Waals surface area contributed by atoms with Crippen LogP contribution in [0.5, 0.6) is 0 Å². The zero-order valence-corrected chi connectivity index (χ0v) is 17.9. The van der Waals surface area contributed by atoms with Gasteiger partial charge in [-0.15, -0.1) is 0 Å². The van der Waals surface area contributed by atoms with Crippen LogP contribution < -0.4 is 10.8 Å². The maximum Gasteiger partial charge on any atom is 0.355 e. The van der Waals surface area contributed by atoms with E-state index >= 15 is 0 Å². The first-order chi connectivity index (χ1) is 15.5. The molecule has 1 aliphatic heterocycles. The number of ether oxygens (including phenoxy) is 1. The van der Waals surface area contributed by atoms with Gasteiger partial charge in [0.25, 0.3) is 11.5 Å². The van der Waals surface area contributed by atoms with Gasteiger partial charge in [0, 0.05) is 12.1 Å². The van der Waals surface area contributed by atoms with Gasteiger partial charge in [0.15, 0.2) is 0 Å². The molecule has 1 amide bonds. The highest BCUT2D eigenvalue weighted by Crippen LogP contribution is 2.27. The SMILES string of the molecule is CCOC(=O)C1(CNc2ccccc2C(=O)NOCc2ccc(C#N)cc2)CC(C)=NO1. The van der Waals surface area contributed by atoms with Crippen LogP contribution >= 0.6 is 0 Å². The summed E-state index contributed by atoms with van der Waals surface area (Å²) in [6, 6.07) is 15.7. The summed E-state index contributed by atoms with van der Waals surface area (Å²) in [7, 11) is 0. The number of nitrogens with zero attached hydrogens (tertiary/aromatic N) is 2. The third-order valence-electron chi connectivity index (χ3n) is 4.79. The van der Waals surface area contributed by atoms with Crippen LogP contribution in [0.3, 0.4) is 0 Å². The molecule has 2 N–H and O–H groups in total. The minimum atomic E-state index is -1.28. The normalized spacial score (nSPS) is 17.0. The summed E-state index contributed by atoms with van der Waals surface area (Å²) in [5.41, 5.74) is 4.01. The first kappa shape index (κ1) is 22.8. The standard InChI is InChI=1S/C23H24N4O5/c1-3-30-22(29)23(12-16(2)26-32-23)15-25-20-7-5-4-6-19(20)21(28)27-31-14-18-10-8-17(13-24)9-11-18/h4-11,25H,3,12,14-15H2,1-2H3,(H,27,28). The van der Waals surface area contributed by atoms with Crippen LogP contribution in [0.25, 0.3) is 0 Å². The van der Waals surface area contributed by atoms with Gasteiger partial charge >= 0.3 is 5.97 Å². The van der Waals surface area contributed by atoms with E-state index in [2.05, 4.69) is 16.0 Å². The number of carbonyl (C=O) groups is 2. The fourth-order valence-electron chi connectivity index (χ4n) is 3.17. The van der Waals surface area contributed by atoms with E-state index in [1.54, 1.807) is 62.4 Å². The Morgan fingerprint density at radius 3 is 2.62 bits per heavy atom. The van der Waals surface area contributed by atoms with Gasteiger partial charge in [0.2, 0.25) is 0 Å². The van der Waals surface area contributed by atoms with Crippen LogP contribution in [0.4, 0.5) is 5.69 Å². The Balaban J connectivity index is 1.62. The van der Waals surface area contributed by atoms with Crippen molar-refractivity contribution in [2.75, 3.05) is 18.5 Å². The summed E-state index contributed by atoms with van der Waals surface area (Å²) in [6.07, 6.45) is 0.293. The molecule has 1 unspecified atom stereocenters. The van der Waals surface area contributed by atoms with E-state index in [1.807, 2.05) is 6.07 Å². The van der Waals surface area contributed by atoms with Crippen LogP contribution in [0.2, 0.25) is 0 Å². The number of hydrogen-bond acceptors (Lipinski definition) is 8. The molecule has 166 valence electrons. The fraction of sp³-hybridized carbons (Fsp3) is 0.304. The molecule has 0 saturated carbocycles. The van der Waals surface area contributed by atoms with Crippen molar-refractivity contribution in [1.29, 1.82) is 5.26 Å². The predicted octanol–water partition coefficient (Wildman–Crippen LogP) is 2.93. The maximum atomic E-state index is 12.7. The number of nitrogens with one attached hydrogen (secondary N) is 2. The summed E-state index contributed by atoms with van der Waals surface area (Å²) in [5.74, 6) is -0.965. The van der Waals surface area contributed by atoms with Crippen molar-refractivity contribution in [3.8, 4) is 6.07 Å². The van der Waals surface area contributed by atoms with E-state index in [0.29, 0.717) is 28.9 Å². The van der Waals surface area contributed by atoms with Gasteiger partial charge in [0.1, 0.15) is 0 Å². The minimum Gasteiger partial charge on any atom is -0.463 e. The van der Waals surface area contributed by atoms with E-state index < -0.39 is 17.5 Å². The monoisotopic (exact) mass is 436 g/mol. The van der Waals surface area contributed by atoms with Crippen molar-refractivity contribution in [2.24, 2.45) is 5.16 Å². The lowest BCUT2D eigenvalue weighted by atomic mass is 9.97. The van der Waals surface area contributed by atoms with Crippen LogP contribution in [0.1, 0.15) is 41.8 Å². The van der Waals surface area contributed by atoms with Crippen molar-refractivity contribution in [2.45, 2.75) is 32.5 Å². The second kappa shape index (κ2) is 10.4. The molecule has 0 radical (unpaired) electrons. The maximum absolute atomic E-state index is 12.7. The quantitative estimate of drug-likeness (QED) is 0.458. The highest BCUT2D eigenvalue weighted by atomic mass is 16.7. The Morgan fingerprint density at radius 1 is 1.22 bits per heavy atom. The van der Waals surface area contributed by atoms with Gasteiger partial charge in [-0.25, -0.2) is 10.3 Å². The number of anilines is 1. The molecule has 2 aromatic rings. The molecule has 0 fully saturated rings. The molecule has 0 spiro atoms. The van der Waals surface area contributed by atoms with Crippen LogP contribution in [0.15, 0.2) is 53.7 Å². The molecule has 0 aromatic heterocycles. The molecule has 9 heteroatoms. The molecule has 32 heavy (non-hydrogen) atoms. The first-order valence-electron chi connectivity index (χ1n) is 10.1. The van der Waals surface area contributed by atoms with Gasteiger partial charge < -0.3 is 14.9 Å². The van der Waals surface area contributed by atoms with Crippen molar-refractivity contribution in [3.05, 3.63) is 65.2 Å².